The van der Waals surface area contributed by atoms with Crippen LogP contribution in [0.1, 0.15) is 258 Å². The van der Waals surface area contributed by atoms with E-state index in [0.29, 0.717) is 19.3 Å². The van der Waals surface area contributed by atoms with Gasteiger partial charge in [-0.15, -0.1) is 0 Å². The highest BCUT2D eigenvalue weighted by atomic mass is 16.6. The maximum atomic E-state index is 12.8. The molecule has 0 aliphatic carbocycles. The standard InChI is InChI=1S/C62H104O6/c1-4-7-10-13-16-19-22-24-26-28-29-30-31-32-33-35-36-38-40-43-46-49-52-55-61(64)67-58-59(57-66-60(63)54-51-48-45-42-21-18-15-12-9-6-3)68-62(65)56-53-50-47-44-41-39-37-34-27-25-23-20-17-14-11-8-5-2/h8,11-12,15,17,20,22,24-25,27-29,31-32,37,39,59H,4-7,9-10,13-14,16,18-19,21,23,26,30,33-36,38,40-58H2,1-3H3/b11-8-,15-12-,20-17-,24-22-,27-25-,29-28-,32-31-,39-37-. The number of rotatable bonds is 50. The first-order valence-electron chi connectivity index (χ1n) is 28.2. The van der Waals surface area contributed by atoms with Crippen molar-refractivity contribution in [3.05, 3.63) is 97.2 Å². The van der Waals surface area contributed by atoms with E-state index < -0.39 is 6.10 Å². The van der Waals surface area contributed by atoms with E-state index in [1.165, 1.54) is 83.5 Å². The molecule has 0 spiro atoms. The molecule has 0 heterocycles. The van der Waals surface area contributed by atoms with E-state index in [4.69, 9.17) is 14.2 Å². The summed E-state index contributed by atoms with van der Waals surface area (Å²) >= 11 is 0. The molecule has 1 unspecified atom stereocenters. The highest BCUT2D eigenvalue weighted by Crippen LogP contribution is 2.14. The Balaban J connectivity index is 4.35. The predicted molar refractivity (Wildman–Crippen MR) is 293 cm³/mol. The van der Waals surface area contributed by atoms with Gasteiger partial charge in [0.25, 0.3) is 0 Å². The second-order valence-electron chi connectivity index (χ2n) is 18.5. The largest absolute Gasteiger partial charge is 0.462 e. The number of esters is 3. The fourth-order valence-electron chi connectivity index (χ4n) is 7.56. The zero-order valence-electron chi connectivity index (χ0n) is 44.3. The summed E-state index contributed by atoms with van der Waals surface area (Å²) < 4.78 is 16.8. The van der Waals surface area contributed by atoms with Crippen molar-refractivity contribution in [3.63, 3.8) is 0 Å². The van der Waals surface area contributed by atoms with E-state index in [1.807, 2.05) is 0 Å². The van der Waals surface area contributed by atoms with Gasteiger partial charge in [0.1, 0.15) is 13.2 Å². The lowest BCUT2D eigenvalue weighted by Crippen LogP contribution is -2.30. The summed E-state index contributed by atoms with van der Waals surface area (Å²) in [7, 11) is 0. The second-order valence-corrected chi connectivity index (χ2v) is 18.5. The molecule has 0 saturated carbocycles. The van der Waals surface area contributed by atoms with Gasteiger partial charge in [-0.3, -0.25) is 14.4 Å². The van der Waals surface area contributed by atoms with E-state index >= 15 is 0 Å². The van der Waals surface area contributed by atoms with Gasteiger partial charge in [0.2, 0.25) is 0 Å². The summed E-state index contributed by atoms with van der Waals surface area (Å²) in [5, 5.41) is 0. The van der Waals surface area contributed by atoms with E-state index in [9.17, 15) is 14.4 Å². The normalized spacial score (nSPS) is 12.8. The Morgan fingerprint density at radius 2 is 0.603 bits per heavy atom. The van der Waals surface area contributed by atoms with Gasteiger partial charge < -0.3 is 14.2 Å². The van der Waals surface area contributed by atoms with E-state index in [2.05, 4.69) is 118 Å². The number of hydrogen-bond donors (Lipinski definition) is 0. The van der Waals surface area contributed by atoms with Crippen molar-refractivity contribution >= 4 is 17.9 Å². The van der Waals surface area contributed by atoms with Gasteiger partial charge in [-0.2, -0.15) is 0 Å². The van der Waals surface area contributed by atoms with Crippen molar-refractivity contribution in [2.45, 2.75) is 264 Å². The van der Waals surface area contributed by atoms with Crippen molar-refractivity contribution in [2.75, 3.05) is 13.2 Å². The maximum Gasteiger partial charge on any atom is 0.306 e. The Morgan fingerprint density at radius 1 is 0.309 bits per heavy atom. The van der Waals surface area contributed by atoms with Gasteiger partial charge in [0.15, 0.2) is 6.10 Å². The van der Waals surface area contributed by atoms with Crippen molar-refractivity contribution in [1.29, 1.82) is 0 Å². The third-order valence-corrected chi connectivity index (χ3v) is 11.8. The highest BCUT2D eigenvalue weighted by Gasteiger charge is 2.19. The van der Waals surface area contributed by atoms with Crippen LogP contribution in [0.4, 0.5) is 0 Å². The summed E-state index contributed by atoms with van der Waals surface area (Å²) in [5.74, 6) is -0.937. The SMILES string of the molecule is CC/C=C\C/C=C\C/C=C\C/C=C\CCCCCCC(=O)OC(COC(=O)CCCCCCC/C=C\CCC)COC(=O)CCCCCCCCCC/C=C\C/C=C\C/C=C\CCCCCCC. The van der Waals surface area contributed by atoms with Crippen LogP contribution in [0.5, 0.6) is 0 Å². The Hall–Kier alpha value is -3.67. The van der Waals surface area contributed by atoms with E-state index in [1.54, 1.807) is 0 Å². The summed E-state index contributed by atoms with van der Waals surface area (Å²) in [6.45, 7) is 6.42. The molecule has 1 atom stereocenters. The maximum absolute atomic E-state index is 12.8. The van der Waals surface area contributed by atoms with E-state index in [-0.39, 0.29) is 31.1 Å². The van der Waals surface area contributed by atoms with Crippen molar-refractivity contribution in [3.8, 4) is 0 Å². The molecule has 0 aliphatic heterocycles. The number of unbranched alkanes of at least 4 members (excludes halogenated alkanes) is 23. The molecule has 0 radical (unpaired) electrons. The summed E-state index contributed by atoms with van der Waals surface area (Å²) in [6.07, 6.45) is 74.0. The van der Waals surface area contributed by atoms with Crippen molar-refractivity contribution in [2.24, 2.45) is 0 Å². The highest BCUT2D eigenvalue weighted by molar-refractivity contribution is 5.71. The van der Waals surface area contributed by atoms with Crippen LogP contribution in [0.15, 0.2) is 97.2 Å². The minimum Gasteiger partial charge on any atom is -0.462 e. The number of hydrogen-bond acceptors (Lipinski definition) is 6. The fourth-order valence-corrected chi connectivity index (χ4v) is 7.56. The van der Waals surface area contributed by atoms with Crippen LogP contribution in [-0.4, -0.2) is 37.2 Å². The zero-order chi connectivity index (χ0) is 49.3. The molecule has 0 saturated heterocycles. The Morgan fingerprint density at radius 3 is 0.971 bits per heavy atom. The Bertz CT molecular complexity index is 1360. The molecule has 68 heavy (non-hydrogen) atoms. The lowest BCUT2D eigenvalue weighted by Gasteiger charge is -2.18. The topological polar surface area (TPSA) is 78.9 Å². The lowest BCUT2D eigenvalue weighted by molar-refractivity contribution is -0.167. The average molecular weight is 946 g/mol. The first kappa shape index (κ1) is 64.3. The molecule has 388 valence electrons. The zero-order valence-corrected chi connectivity index (χ0v) is 44.3. The Labute approximate surface area is 419 Å². The van der Waals surface area contributed by atoms with Gasteiger partial charge in [-0.1, -0.05) is 221 Å². The molecule has 0 N–H and O–H groups in total. The Kier molecular flexibility index (Phi) is 52.9. The summed E-state index contributed by atoms with van der Waals surface area (Å²) in [6, 6.07) is 0. The molecule has 0 fully saturated rings. The molecule has 0 aromatic heterocycles. The van der Waals surface area contributed by atoms with Crippen molar-refractivity contribution < 1.29 is 28.6 Å². The summed E-state index contributed by atoms with van der Waals surface area (Å²) in [5.41, 5.74) is 0. The fraction of sp³-hybridized carbons (Fsp3) is 0.694. The van der Waals surface area contributed by atoms with Crippen LogP contribution < -0.4 is 0 Å². The lowest BCUT2D eigenvalue weighted by atomic mass is 10.1. The van der Waals surface area contributed by atoms with Gasteiger partial charge in [0.05, 0.1) is 0 Å². The third-order valence-electron chi connectivity index (χ3n) is 11.8. The van der Waals surface area contributed by atoms with Gasteiger partial charge >= 0.3 is 17.9 Å². The number of ether oxygens (including phenoxy) is 3. The van der Waals surface area contributed by atoms with E-state index in [0.717, 1.165) is 135 Å². The molecule has 6 nitrogen and oxygen atoms in total. The van der Waals surface area contributed by atoms with Gasteiger partial charge in [0, 0.05) is 19.3 Å². The van der Waals surface area contributed by atoms with Crippen molar-refractivity contribution in [1.82, 2.24) is 0 Å². The van der Waals surface area contributed by atoms with Crippen LogP contribution in [-0.2, 0) is 28.6 Å². The molecule has 0 aromatic carbocycles. The van der Waals surface area contributed by atoms with Gasteiger partial charge in [-0.05, 0) is 116 Å². The van der Waals surface area contributed by atoms with Crippen LogP contribution in [0, 0.1) is 0 Å². The van der Waals surface area contributed by atoms with Crippen LogP contribution in [0.2, 0.25) is 0 Å². The monoisotopic (exact) mass is 945 g/mol. The number of carbonyl (C=O) groups excluding carboxylic acids is 3. The molecule has 6 heteroatoms. The molecular formula is C62H104O6. The summed E-state index contributed by atoms with van der Waals surface area (Å²) in [4.78, 5) is 38.0. The van der Waals surface area contributed by atoms with Crippen LogP contribution in [0.3, 0.4) is 0 Å². The third kappa shape index (κ3) is 53.3. The second kappa shape index (κ2) is 55.9. The first-order valence-corrected chi connectivity index (χ1v) is 28.2. The molecule has 0 amide bonds. The van der Waals surface area contributed by atoms with Crippen LogP contribution in [0.25, 0.3) is 0 Å². The van der Waals surface area contributed by atoms with Gasteiger partial charge in [-0.25, -0.2) is 0 Å². The molecular weight excluding hydrogens is 841 g/mol. The minimum absolute atomic E-state index is 0.0950. The molecule has 0 rings (SSSR count). The van der Waals surface area contributed by atoms with Crippen LogP contribution >= 0.6 is 0 Å². The molecule has 0 aromatic rings. The first-order chi connectivity index (χ1) is 33.5. The average Bonchev–Trinajstić information content (AvgIpc) is 3.34. The molecule has 0 bridgehead atoms. The smallest absolute Gasteiger partial charge is 0.306 e. The number of allylic oxidation sites excluding steroid dienone is 16. The number of carbonyl (C=O) groups is 3. The quantitative estimate of drug-likeness (QED) is 0.0262. The minimum atomic E-state index is -0.798. The molecule has 0 aliphatic rings. The predicted octanol–water partition coefficient (Wildman–Crippen LogP) is 18.9.